The van der Waals surface area contributed by atoms with Crippen LogP contribution in [-0.2, 0) is 0 Å². The first-order valence-corrected chi connectivity index (χ1v) is 8.83. The highest BCUT2D eigenvalue weighted by atomic mass is 32.1. The summed E-state index contributed by atoms with van der Waals surface area (Å²) in [4.78, 5) is 18.4. The molecule has 0 bridgehead atoms. The van der Waals surface area contributed by atoms with E-state index in [1.54, 1.807) is 13.8 Å². The lowest BCUT2D eigenvalue weighted by Crippen LogP contribution is -2.26. The maximum atomic E-state index is 12.7. The van der Waals surface area contributed by atoms with E-state index >= 15 is 0 Å². The zero-order valence-electron chi connectivity index (χ0n) is 14.3. The predicted octanol–water partition coefficient (Wildman–Crippen LogP) is 4.00. The summed E-state index contributed by atoms with van der Waals surface area (Å²) < 4.78 is 10.8. The third-order valence-electron chi connectivity index (χ3n) is 3.52. The highest BCUT2D eigenvalue weighted by Crippen LogP contribution is 2.36. The fraction of sp³-hybridized carbons (Fsp3) is 0.278. The monoisotopic (exact) mass is 357 g/mol. The molecule has 1 N–H and O–H groups in total. The summed E-state index contributed by atoms with van der Waals surface area (Å²) in [6.07, 6.45) is 0. The molecule has 1 atom stereocenters. The van der Waals surface area contributed by atoms with Crippen LogP contribution in [0, 0.1) is 6.92 Å². The zero-order valence-corrected chi connectivity index (χ0v) is 15.1. The number of thiophene rings is 1. The van der Waals surface area contributed by atoms with Gasteiger partial charge in [-0.05, 0) is 32.4 Å². The number of carbonyl (C=O) groups excluding carboxylic acids is 1. The van der Waals surface area contributed by atoms with E-state index in [4.69, 9.17) is 9.26 Å². The minimum atomic E-state index is -0.384. The van der Waals surface area contributed by atoms with Crippen LogP contribution >= 0.6 is 11.3 Å². The lowest BCUT2D eigenvalue weighted by molar-refractivity contribution is 0.0933. The van der Waals surface area contributed by atoms with Crippen LogP contribution in [0.2, 0.25) is 0 Å². The zero-order chi connectivity index (χ0) is 17.8. The minimum Gasteiger partial charge on any atom is -0.492 e. The molecule has 0 aliphatic carbocycles. The van der Waals surface area contributed by atoms with Crippen LogP contribution in [-0.4, -0.2) is 22.7 Å². The van der Waals surface area contributed by atoms with Gasteiger partial charge in [0.1, 0.15) is 16.7 Å². The summed E-state index contributed by atoms with van der Waals surface area (Å²) in [6, 6.07) is 11.4. The quantitative estimate of drug-likeness (QED) is 0.721. The Hall–Kier alpha value is -2.67. The summed E-state index contributed by atoms with van der Waals surface area (Å²) in [6.45, 7) is 5.92. The van der Waals surface area contributed by atoms with Gasteiger partial charge in [0.2, 0.25) is 5.89 Å². The van der Waals surface area contributed by atoms with E-state index in [0.717, 1.165) is 10.4 Å². The Bertz CT molecular complexity index is 858. The van der Waals surface area contributed by atoms with Gasteiger partial charge in [-0.25, -0.2) is 0 Å². The van der Waals surface area contributed by atoms with Gasteiger partial charge in [0.05, 0.1) is 6.61 Å². The van der Waals surface area contributed by atoms with E-state index in [2.05, 4.69) is 15.5 Å². The Morgan fingerprint density at radius 3 is 2.76 bits per heavy atom. The van der Waals surface area contributed by atoms with Crippen molar-refractivity contribution in [3.8, 4) is 16.2 Å². The summed E-state index contributed by atoms with van der Waals surface area (Å²) >= 11 is 1.40. The maximum Gasteiger partial charge on any atom is 0.265 e. The molecule has 0 aliphatic rings. The van der Waals surface area contributed by atoms with Crippen molar-refractivity contribution >= 4 is 17.2 Å². The van der Waals surface area contributed by atoms with Crippen molar-refractivity contribution in [3.05, 3.63) is 53.0 Å². The van der Waals surface area contributed by atoms with Gasteiger partial charge in [-0.2, -0.15) is 4.98 Å². The molecule has 0 radical (unpaired) electrons. The molecule has 1 amide bonds. The van der Waals surface area contributed by atoms with Gasteiger partial charge in [0.15, 0.2) is 5.82 Å². The average molecular weight is 357 g/mol. The molecule has 0 saturated heterocycles. The van der Waals surface area contributed by atoms with Crippen LogP contribution in [0.1, 0.15) is 41.3 Å². The Morgan fingerprint density at radius 2 is 2.12 bits per heavy atom. The third kappa shape index (κ3) is 3.88. The second-order valence-electron chi connectivity index (χ2n) is 5.48. The van der Waals surface area contributed by atoms with Crippen molar-refractivity contribution < 1.29 is 14.1 Å². The minimum absolute atomic E-state index is 0.223. The van der Waals surface area contributed by atoms with Crippen molar-refractivity contribution in [2.75, 3.05) is 6.61 Å². The van der Waals surface area contributed by atoms with Crippen LogP contribution in [0.3, 0.4) is 0 Å². The van der Waals surface area contributed by atoms with Gasteiger partial charge in [-0.3, -0.25) is 4.79 Å². The van der Waals surface area contributed by atoms with Gasteiger partial charge in [0.25, 0.3) is 5.91 Å². The standard InChI is InChI=1S/C18H19N3O3S/c1-4-23-14-10-15(13-8-6-5-7-9-13)25-16(14)17(22)19-11(2)18-20-12(3)21-24-18/h5-11H,4H2,1-3H3,(H,19,22). The highest BCUT2D eigenvalue weighted by Gasteiger charge is 2.22. The van der Waals surface area contributed by atoms with Crippen LogP contribution in [0.25, 0.3) is 10.4 Å². The van der Waals surface area contributed by atoms with Crippen molar-refractivity contribution in [3.63, 3.8) is 0 Å². The number of carbonyl (C=O) groups is 1. The number of nitrogens with one attached hydrogen (secondary N) is 1. The van der Waals surface area contributed by atoms with Crippen LogP contribution in [0.4, 0.5) is 0 Å². The van der Waals surface area contributed by atoms with E-state index in [-0.39, 0.29) is 11.9 Å². The van der Waals surface area contributed by atoms with E-state index in [1.165, 1.54) is 11.3 Å². The molecule has 0 aliphatic heterocycles. The first-order valence-electron chi connectivity index (χ1n) is 8.01. The fourth-order valence-electron chi connectivity index (χ4n) is 2.35. The molecule has 25 heavy (non-hydrogen) atoms. The smallest absolute Gasteiger partial charge is 0.265 e. The Kier molecular flexibility index (Phi) is 5.14. The first kappa shape index (κ1) is 17.2. The molecule has 2 aromatic heterocycles. The van der Waals surface area contributed by atoms with Gasteiger partial charge in [-0.1, -0.05) is 35.5 Å². The molecule has 7 heteroatoms. The van der Waals surface area contributed by atoms with Crippen molar-refractivity contribution in [1.29, 1.82) is 0 Å². The molecule has 1 aromatic carbocycles. The Labute approximate surface area is 149 Å². The van der Waals surface area contributed by atoms with E-state index in [0.29, 0.717) is 28.9 Å². The van der Waals surface area contributed by atoms with Gasteiger partial charge in [-0.15, -0.1) is 11.3 Å². The van der Waals surface area contributed by atoms with Crippen LogP contribution in [0.5, 0.6) is 5.75 Å². The molecule has 0 fully saturated rings. The average Bonchev–Trinajstić information content (AvgIpc) is 3.23. The second-order valence-corrected chi connectivity index (χ2v) is 6.53. The van der Waals surface area contributed by atoms with Crippen molar-refractivity contribution in [2.45, 2.75) is 26.8 Å². The first-order chi connectivity index (χ1) is 12.1. The SMILES string of the molecule is CCOc1cc(-c2ccccc2)sc1C(=O)NC(C)c1nc(C)no1. The maximum absolute atomic E-state index is 12.7. The molecule has 2 heterocycles. The normalized spacial score (nSPS) is 12.0. The molecule has 0 saturated carbocycles. The molecule has 0 spiro atoms. The molecule has 1 unspecified atom stereocenters. The van der Waals surface area contributed by atoms with E-state index in [9.17, 15) is 4.79 Å². The Balaban J connectivity index is 1.84. The predicted molar refractivity (Wildman–Crippen MR) is 95.8 cm³/mol. The number of aryl methyl sites for hydroxylation is 1. The number of benzene rings is 1. The molecule has 130 valence electrons. The largest absolute Gasteiger partial charge is 0.492 e. The van der Waals surface area contributed by atoms with Crippen molar-refractivity contribution in [1.82, 2.24) is 15.5 Å². The summed E-state index contributed by atoms with van der Waals surface area (Å²) in [7, 11) is 0. The van der Waals surface area contributed by atoms with Gasteiger partial charge in [0, 0.05) is 4.88 Å². The van der Waals surface area contributed by atoms with E-state index in [1.807, 2.05) is 43.3 Å². The van der Waals surface area contributed by atoms with Crippen molar-refractivity contribution in [2.24, 2.45) is 0 Å². The number of hydrogen-bond donors (Lipinski definition) is 1. The fourth-order valence-corrected chi connectivity index (χ4v) is 3.36. The number of nitrogens with zero attached hydrogens (tertiary/aromatic N) is 2. The molecule has 6 nitrogen and oxygen atoms in total. The number of hydrogen-bond acceptors (Lipinski definition) is 6. The number of ether oxygens (including phenoxy) is 1. The lowest BCUT2D eigenvalue weighted by atomic mass is 10.2. The topological polar surface area (TPSA) is 77.2 Å². The van der Waals surface area contributed by atoms with E-state index < -0.39 is 0 Å². The summed E-state index contributed by atoms with van der Waals surface area (Å²) in [5, 5.41) is 6.63. The summed E-state index contributed by atoms with van der Waals surface area (Å²) in [5.74, 6) is 1.27. The summed E-state index contributed by atoms with van der Waals surface area (Å²) in [5.41, 5.74) is 1.05. The molecule has 3 rings (SSSR count). The van der Waals surface area contributed by atoms with Crippen LogP contribution < -0.4 is 10.1 Å². The molecular weight excluding hydrogens is 338 g/mol. The highest BCUT2D eigenvalue weighted by molar-refractivity contribution is 7.17. The Morgan fingerprint density at radius 1 is 1.36 bits per heavy atom. The van der Waals surface area contributed by atoms with Gasteiger partial charge < -0.3 is 14.6 Å². The number of amides is 1. The molecule has 3 aromatic rings. The third-order valence-corrected chi connectivity index (χ3v) is 4.69. The number of aromatic nitrogens is 2. The second kappa shape index (κ2) is 7.48. The lowest BCUT2D eigenvalue weighted by Gasteiger charge is -2.10. The van der Waals surface area contributed by atoms with Gasteiger partial charge >= 0.3 is 0 Å². The van der Waals surface area contributed by atoms with Crippen LogP contribution in [0.15, 0.2) is 40.9 Å². The molecular formula is C18H19N3O3S. The number of rotatable bonds is 6.